The Bertz CT molecular complexity index is 1670. The van der Waals surface area contributed by atoms with Gasteiger partial charge in [0.1, 0.15) is 24.7 Å². The summed E-state index contributed by atoms with van der Waals surface area (Å²) >= 11 is 6.47. The summed E-state index contributed by atoms with van der Waals surface area (Å²) in [6.45, 7) is 1.73. The third-order valence-electron chi connectivity index (χ3n) is 6.85. The molecule has 42 heavy (non-hydrogen) atoms. The van der Waals surface area contributed by atoms with E-state index >= 15 is 4.57 Å². The number of hydrogen-bond donors (Lipinski definition) is 0. The number of aryl methyl sites for hydroxylation is 1. The van der Waals surface area contributed by atoms with Crippen LogP contribution in [0.2, 0.25) is 5.02 Å². The van der Waals surface area contributed by atoms with Crippen molar-refractivity contribution in [3.63, 3.8) is 0 Å². The zero-order valence-corrected chi connectivity index (χ0v) is 24.6. The van der Waals surface area contributed by atoms with Crippen molar-refractivity contribution in [2.24, 2.45) is 0 Å². The Labute approximate surface area is 250 Å². The highest BCUT2D eigenvalue weighted by Gasteiger charge is 2.45. The van der Waals surface area contributed by atoms with Crippen LogP contribution in [0.1, 0.15) is 37.4 Å². The van der Waals surface area contributed by atoms with Crippen LogP contribution in [0.4, 0.5) is 0 Å². The average molecular weight is 595 g/mol. The SMILES string of the molecule is Cc1cccc(Cl)c1C(=O)P(=O)(C(=O)c1c(COc2ccccc2)cccc1COc1ccccc1)c1ccccc1. The smallest absolute Gasteiger partial charge is 0.248 e. The van der Waals surface area contributed by atoms with Gasteiger partial charge in [-0.25, -0.2) is 0 Å². The van der Waals surface area contributed by atoms with E-state index in [-0.39, 0.29) is 34.7 Å². The Kier molecular flexibility index (Phi) is 9.02. The van der Waals surface area contributed by atoms with Gasteiger partial charge >= 0.3 is 0 Å². The first-order valence-electron chi connectivity index (χ1n) is 13.4. The maximum atomic E-state index is 15.1. The van der Waals surface area contributed by atoms with Crippen molar-refractivity contribution in [2.45, 2.75) is 20.1 Å². The lowest BCUT2D eigenvalue weighted by atomic mass is 10.0. The summed E-state index contributed by atoms with van der Waals surface area (Å²) in [5.74, 6) is 1.21. The van der Waals surface area contributed by atoms with Gasteiger partial charge in [0.05, 0.1) is 5.02 Å². The van der Waals surface area contributed by atoms with Crippen LogP contribution in [0.3, 0.4) is 0 Å². The first kappa shape index (κ1) is 29.1. The van der Waals surface area contributed by atoms with Crippen molar-refractivity contribution in [1.29, 1.82) is 0 Å². The number of carbonyl (C=O) groups excluding carboxylic acids is 2. The second-order valence-electron chi connectivity index (χ2n) is 9.64. The second kappa shape index (κ2) is 13.0. The van der Waals surface area contributed by atoms with Gasteiger partial charge in [-0.15, -0.1) is 0 Å². The predicted octanol–water partition coefficient (Wildman–Crippen LogP) is 8.48. The van der Waals surface area contributed by atoms with Gasteiger partial charge in [0.15, 0.2) is 0 Å². The number of carbonyl (C=O) groups is 2. The summed E-state index contributed by atoms with van der Waals surface area (Å²) in [6.07, 6.45) is 0. The van der Waals surface area contributed by atoms with E-state index in [2.05, 4.69) is 0 Å². The molecule has 0 saturated carbocycles. The minimum atomic E-state index is -4.47. The van der Waals surface area contributed by atoms with Gasteiger partial charge in [0.25, 0.3) is 0 Å². The highest BCUT2D eigenvalue weighted by molar-refractivity contribution is 8.01. The monoisotopic (exact) mass is 594 g/mol. The molecule has 1 unspecified atom stereocenters. The molecule has 5 aromatic rings. The Morgan fingerprint density at radius 1 is 0.595 bits per heavy atom. The number of rotatable bonds is 11. The Morgan fingerprint density at radius 3 is 1.55 bits per heavy atom. The molecule has 210 valence electrons. The van der Waals surface area contributed by atoms with Crippen molar-refractivity contribution >= 4 is 35.1 Å². The van der Waals surface area contributed by atoms with Crippen LogP contribution in [0.25, 0.3) is 0 Å². The second-order valence-corrected chi connectivity index (χ2v) is 12.6. The summed E-state index contributed by atoms with van der Waals surface area (Å²) in [5, 5.41) is 0.269. The van der Waals surface area contributed by atoms with Gasteiger partial charge in [-0.1, -0.05) is 109 Å². The summed E-state index contributed by atoms with van der Waals surface area (Å²) in [6, 6.07) is 36.8. The minimum absolute atomic E-state index is 0.0123. The Hall–Kier alpha value is -4.44. The van der Waals surface area contributed by atoms with Gasteiger partial charge in [0.2, 0.25) is 18.2 Å². The third-order valence-corrected chi connectivity index (χ3v) is 9.79. The molecule has 0 aliphatic rings. The molecule has 5 nitrogen and oxygen atoms in total. The molecule has 5 aromatic carbocycles. The van der Waals surface area contributed by atoms with Crippen LogP contribution in [-0.4, -0.2) is 11.0 Å². The number of benzene rings is 5. The van der Waals surface area contributed by atoms with E-state index < -0.39 is 18.2 Å². The molecule has 0 amide bonds. The average Bonchev–Trinajstić information content (AvgIpc) is 3.03. The normalized spacial score (nSPS) is 12.2. The van der Waals surface area contributed by atoms with Gasteiger partial charge in [-0.2, -0.15) is 0 Å². The van der Waals surface area contributed by atoms with Crippen LogP contribution in [0.15, 0.2) is 127 Å². The molecular weight excluding hydrogens is 567 g/mol. The van der Waals surface area contributed by atoms with Crippen LogP contribution in [0, 0.1) is 6.92 Å². The van der Waals surface area contributed by atoms with Gasteiger partial charge in [-0.3, -0.25) is 9.59 Å². The van der Waals surface area contributed by atoms with Gasteiger partial charge in [-0.05, 0) is 42.8 Å². The summed E-state index contributed by atoms with van der Waals surface area (Å²) in [4.78, 5) is 29.0. The molecule has 0 bridgehead atoms. The topological polar surface area (TPSA) is 69.7 Å². The molecule has 1 atom stereocenters. The molecular formula is C35H28ClO5P. The number of halogens is 1. The number of ether oxygens (including phenoxy) is 2. The van der Waals surface area contributed by atoms with Crippen molar-refractivity contribution in [2.75, 3.05) is 0 Å². The fourth-order valence-corrected chi connectivity index (χ4v) is 7.54. The quantitative estimate of drug-likeness (QED) is 0.143. The first-order valence-corrected chi connectivity index (χ1v) is 15.4. The predicted molar refractivity (Wildman–Crippen MR) is 167 cm³/mol. The molecule has 5 rings (SSSR count). The van der Waals surface area contributed by atoms with E-state index in [4.69, 9.17) is 21.1 Å². The minimum Gasteiger partial charge on any atom is -0.489 e. The number of hydrogen-bond acceptors (Lipinski definition) is 5. The van der Waals surface area contributed by atoms with Crippen molar-refractivity contribution in [3.05, 3.63) is 160 Å². The lowest BCUT2D eigenvalue weighted by molar-refractivity contribution is 0.103. The highest BCUT2D eigenvalue weighted by Crippen LogP contribution is 2.53. The maximum absolute atomic E-state index is 15.1. The van der Waals surface area contributed by atoms with Crippen LogP contribution in [0.5, 0.6) is 11.5 Å². The van der Waals surface area contributed by atoms with Crippen LogP contribution >= 0.6 is 18.7 Å². The van der Waals surface area contributed by atoms with E-state index in [1.165, 1.54) is 0 Å². The highest BCUT2D eigenvalue weighted by atomic mass is 35.5. The Morgan fingerprint density at radius 2 is 1.05 bits per heavy atom. The molecule has 7 heteroatoms. The fourth-order valence-electron chi connectivity index (χ4n) is 4.71. The standard InChI is InChI=1S/C35H28ClO5P/c1-25-13-11-22-31(36)32(25)34(37)42(39,30-20-9-4-10-21-30)35(38)33-26(23-40-28-16-5-2-6-17-28)14-12-15-27(33)24-41-29-18-7-3-8-19-29/h2-22H,23-24H2,1H3. The van der Waals surface area contributed by atoms with Crippen molar-refractivity contribution in [1.82, 2.24) is 0 Å². The van der Waals surface area contributed by atoms with Crippen LogP contribution in [-0.2, 0) is 17.8 Å². The molecule has 0 radical (unpaired) electrons. The summed E-state index contributed by atoms with van der Waals surface area (Å²) < 4.78 is 27.2. The van der Waals surface area contributed by atoms with Gasteiger partial charge in [0, 0.05) is 27.6 Å². The molecule has 0 spiro atoms. The third kappa shape index (κ3) is 6.08. The Balaban J connectivity index is 1.65. The molecule has 0 aliphatic carbocycles. The summed E-state index contributed by atoms with van der Waals surface area (Å²) in [7, 11) is -4.47. The molecule has 0 heterocycles. The molecule has 0 saturated heterocycles. The van der Waals surface area contributed by atoms with Crippen molar-refractivity contribution < 1.29 is 23.6 Å². The maximum Gasteiger partial charge on any atom is 0.248 e. The lowest BCUT2D eigenvalue weighted by Gasteiger charge is -2.22. The molecule has 0 aliphatic heterocycles. The van der Waals surface area contributed by atoms with E-state index in [0.29, 0.717) is 28.2 Å². The largest absolute Gasteiger partial charge is 0.489 e. The van der Waals surface area contributed by atoms with E-state index in [1.54, 1.807) is 73.7 Å². The molecule has 0 fully saturated rings. The van der Waals surface area contributed by atoms with Crippen LogP contribution < -0.4 is 14.8 Å². The van der Waals surface area contributed by atoms with Gasteiger partial charge < -0.3 is 14.0 Å². The molecule has 0 aromatic heterocycles. The summed E-state index contributed by atoms with van der Waals surface area (Å²) in [5.41, 5.74) is 0.0994. The van der Waals surface area contributed by atoms with E-state index in [1.807, 2.05) is 60.7 Å². The fraction of sp³-hybridized carbons (Fsp3) is 0.0857. The zero-order valence-electron chi connectivity index (χ0n) is 22.9. The zero-order chi connectivity index (χ0) is 29.5. The van der Waals surface area contributed by atoms with Crippen molar-refractivity contribution in [3.8, 4) is 11.5 Å². The van der Waals surface area contributed by atoms with E-state index in [0.717, 1.165) is 0 Å². The lowest BCUT2D eigenvalue weighted by Crippen LogP contribution is -2.23. The number of para-hydroxylation sites is 2. The molecule has 0 N–H and O–H groups in total. The van der Waals surface area contributed by atoms with E-state index in [9.17, 15) is 9.59 Å². The first-order chi connectivity index (χ1) is 20.4.